The van der Waals surface area contributed by atoms with E-state index in [0.29, 0.717) is 21.5 Å². The van der Waals surface area contributed by atoms with Gasteiger partial charge in [-0.15, -0.1) is 11.6 Å². The standard InChI is InChI=1S/C16H14Cl3NO/c17-8-2-4-11-3-1-5-13(9-11)20-16(21)14-10-12(18)6-7-15(14)19/h1,3,5-7,9-10H,2,4,8H2,(H,20,21). The van der Waals surface area contributed by atoms with E-state index in [1.54, 1.807) is 18.2 Å². The number of nitrogens with one attached hydrogen (secondary N) is 1. The second-order valence-corrected chi connectivity index (χ2v) is 5.79. The lowest BCUT2D eigenvalue weighted by Crippen LogP contribution is -2.12. The zero-order valence-electron chi connectivity index (χ0n) is 11.2. The van der Waals surface area contributed by atoms with Gasteiger partial charge in [0.05, 0.1) is 10.6 Å². The monoisotopic (exact) mass is 341 g/mol. The average Bonchev–Trinajstić information content (AvgIpc) is 2.48. The second-order valence-electron chi connectivity index (χ2n) is 4.57. The highest BCUT2D eigenvalue weighted by Gasteiger charge is 2.11. The van der Waals surface area contributed by atoms with Crippen LogP contribution in [0.25, 0.3) is 0 Å². The number of halogens is 3. The molecule has 0 aliphatic rings. The normalized spacial score (nSPS) is 10.4. The number of benzene rings is 2. The number of aryl methyl sites for hydroxylation is 1. The summed E-state index contributed by atoms with van der Waals surface area (Å²) in [4.78, 5) is 12.2. The lowest BCUT2D eigenvalue weighted by atomic mass is 10.1. The van der Waals surface area contributed by atoms with Crippen LogP contribution >= 0.6 is 34.8 Å². The number of rotatable bonds is 5. The van der Waals surface area contributed by atoms with Crippen LogP contribution in [0.5, 0.6) is 0 Å². The number of carbonyl (C=O) groups excluding carboxylic acids is 1. The van der Waals surface area contributed by atoms with Crippen molar-refractivity contribution in [1.29, 1.82) is 0 Å². The summed E-state index contributed by atoms with van der Waals surface area (Å²) in [5.41, 5.74) is 2.21. The van der Waals surface area contributed by atoms with Crippen LogP contribution in [0.15, 0.2) is 42.5 Å². The summed E-state index contributed by atoms with van der Waals surface area (Å²) < 4.78 is 0. The summed E-state index contributed by atoms with van der Waals surface area (Å²) in [6.07, 6.45) is 1.78. The van der Waals surface area contributed by atoms with Crippen molar-refractivity contribution in [2.75, 3.05) is 11.2 Å². The highest BCUT2D eigenvalue weighted by molar-refractivity contribution is 6.36. The van der Waals surface area contributed by atoms with Crippen LogP contribution in [0.4, 0.5) is 5.69 Å². The molecular formula is C16H14Cl3NO. The fraction of sp³-hybridized carbons (Fsp3) is 0.188. The van der Waals surface area contributed by atoms with Gasteiger partial charge in [-0.1, -0.05) is 35.3 Å². The van der Waals surface area contributed by atoms with E-state index in [2.05, 4.69) is 5.32 Å². The molecule has 0 saturated carbocycles. The molecule has 2 aromatic carbocycles. The van der Waals surface area contributed by atoms with Crippen molar-refractivity contribution in [2.24, 2.45) is 0 Å². The zero-order chi connectivity index (χ0) is 15.2. The first-order chi connectivity index (χ1) is 10.1. The third-order valence-corrected chi connectivity index (χ3v) is 3.79. The van der Waals surface area contributed by atoms with Gasteiger partial charge in [-0.25, -0.2) is 0 Å². The number of hydrogen-bond donors (Lipinski definition) is 1. The Morgan fingerprint density at radius 3 is 2.67 bits per heavy atom. The Labute approximate surface area is 139 Å². The molecule has 0 aliphatic heterocycles. The Bertz CT molecular complexity index is 643. The maximum absolute atomic E-state index is 12.2. The third kappa shape index (κ3) is 4.63. The van der Waals surface area contributed by atoms with E-state index in [9.17, 15) is 4.79 Å². The number of hydrogen-bond acceptors (Lipinski definition) is 1. The maximum Gasteiger partial charge on any atom is 0.257 e. The minimum absolute atomic E-state index is 0.281. The molecule has 0 bridgehead atoms. The van der Waals surface area contributed by atoms with Crippen molar-refractivity contribution in [1.82, 2.24) is 0 Å². The molecule has 0 atom stereocenters. The first-order valence-corrected chi connectivity index (χ1v) is 7.80. The number of alkyl halides is 1. The summed E-state index contributed by atoms with van der Waals surface area (Å²) in [6, 6.07) is 12.5. The van der Waals surface area contributed by atoms with Gasteiger partial charge in [0.1, 0.15) is 0 Å². The predicted molar refractivity (Wildman–Crippen MR) is 89.9 cm³/mol. The fourth-order valence-corrected chi connectivity index (χ4v) is 2.45. The van der Waals surface area contributed by atoms with Crippen LogP contribution in [0.2, 0.25) is 10.0 Å². The molecular weight excluding hydrogens is 329 g/mol. The van der Waals surface area contributed by atoms with E-state index in [1.807, 2.05) is 24.3 Å². The Hall–Kier alpha value is -1.22. The third-order valence-electron chi connectivity index (χ3n) is 2.96. The summed E-state index contributed by atoms with van der Waals surface area (Å²) in [7, 11) is 0. The van der Waals surface area contributed by atoms with E-state index in [1.165, 1.54) is 0 Å². The molecule has 0 aliphatic carbocycles. The van der Waals surface area contributed by atoms with Crippen molar-refractivity contribution in [3.63, 3.8) is 0 Å². The zero-order valence-corrected chi connectivity index (χ0v) is 13.5. The largest absolute Gasteiger partial charge is 0.322 e. The molecule has 0 fully saturated rings. The number of anilines is 1. The van der Waals surface area contributed by atoms with E-state index in [4.69, 9.17) is 34.8 Å². The highest BCUT2D eigenvalue weighted by Crippen LogP contribution is 2.22. The number of amides is 1. The van der Waals surface area contributed by atoms with Gasteiger partial charge in [0.25, 0.3) is 5.91 Å². The topological polar surface area (TPSA) is 29.1 Å². The van der Waals surface area contributed by atoms with Crippen LogP contribution < -0.4 is 5.32 Å². The first-order valence-electron chi connectivity index (χ1n) is 6.51. The molecule has 0 radical (unpaired) electrons. The SMILES string of the molecule is O=C(Nc1cccc(CCCCl)c1)c1cc(Cl)ccc1Cl. The predicted octanol–water partition coefficient (Wildman–Crippen LogP) is 5.42. The molecule has 2 rings (SSSR count). The van der Waals surface area contributed by atoms with Gasteiger partial charge in [-0.3, -0.25) is 4.79 Å². The van der Waals surface area contributed by atoms with Crippen LogP contribution in [0.3, 0.4) is 0 Å². The minimum Gasteiger partial charge on any atom is -0.322 e. The van der Waals surface area contributed by atoms with Crippen molar-refractivity contribution in [2.45, 2.75) is 12.8 Å². The first kappa shape index (κ1) is 16.2. The molecule has 0 aromatic heterocycles. The Morgan fingerprint density at radius 2 is 1.90 bits per heavy atom. The average molecular weight is 343 g/mol. The number of carbonyl (C=O) groups is 1. The van der Waals surface area contributed by atoms with E-state index in [0.717, 1.165) is 24.1 Å². The Balaban J connectivity index is 2.14. The summed E-state index contributed by atoms with van der Waals surface area (Å²) in [5.74, 6) is 0.339. The van der Waals surface area contributed by atoms with Crippen LogP contribution in [0, 0.1) is 0 Å². The van der Waals surface area contributed by atoms with Gasteiger partial charge in [-0.2, -0.15) is 0 Å². The molecule has 2 nitrogen and oxygen atoms in total. The molecule has 0 spiro atoms. The molecule has 21 heavy (non-hydrogen) atoms. The van der Waals surface area contributed by atoms with Crippen LogP contribution in [0.1, 0.15) is 22.3 Å². The summed E-state index contributed by atoms with van der Waals surface area (Å²) in [5, 5.41) is 3.67. The van der Waals surface area contributed by atoms with Gasteiger partial charge in [0, 0.05) is 16.6 Å². The van der Waals surface area contributed by atoms with Crippen LogP contribution in [-0.4, -0.2) is 11.8 Å². The molecule has 0 heterocycles. The maximum atomic E-state index is 12.2. The molecule has 0 unspecified atom stereocenters. The van der Waals surface area contributed by atoms with E-state index < -0.39 is 0 Å². The van der Waals surface area contributed by atoms with Crippen LogP contribution in [-0.2, 0) is 6.42 Å². The fourth-order valence-electron chi connectivity index (χ4n) is 1.95. The summed E-state index contributed by atoms with van der Waals surface area (Å²) in [6.45, 7) is 0. The van der Waals surface area contributed by atoms with Crippen molar-refractivity contribution < 1.29 is 4.79 Å². The second kappa shape index (κ2) is 7.69. The van der Waals surface area contributed by atoms with Crippen molar-refractivity contribution in [3.05, 3.63) is 63.6 Å². The van der Waals surface area contributed by atoms with Gasteiger partial charge in [0.15, 0.2) is 0 Å². The van der Waals surface area contributed by atoms with E-state index in [-0.39, 0.29) is 5.91 Å². The van der Waals surface area contributed by atoms with Gasteiger partial charge >= 0.3 is 0 Å². The van der Waals surface area contributed by atoms with Crippen molar-refractivity contribution in [3.8, 4) is 0 Å². The lowest BCUT2D eigenvalue weighted by molar-refractivity contribution is 0.102. The van der Waals surface area contributed by atoms with Crippen molar-refractivity contribution >= 4 is 46.4 Å². The minimum atomic E-state index is -0.281. The van der Waals surface area contributed by atoms with Gasteiger partial charge in [-0.05, 0) is 48.7 Å². The van der Waals surface area contributed by atoms with Gasteiger partial charge in [0.2, 0.25) is 0 Å². The Morgan fingerprint density at radius 1 is 1.10 bits per heavy atom. The highest BCUT2D eigenvalue weighted by atomic mass is 35.5. The lowest BCUT2D eigenvalue weighted by Gasteiger charge is -2.09. The summed E-state index contributed by atoms with van der Waals surface area (Å²) >= 11 is 17.6. The molecule has 1 N–H and O–H groups in total. The molecule has 5 heteroatoms. The smallest absolute Gasteiger partial charge is 0.257 e. The molecule has 0 saturated heterocycles. The molecule has 110 valence electrons. The molecule has 2 aromatic rings. The van der Waals surface area contributed by atoms with Gasteiger partial charge < -0.3 is 5.32 Å². The quantitative estimate of drug-likeness (QED) is 0.722. The van der Waals surface area contributed by atoms with E-state index >= 15 is 0 Å². The Kier molecular flexibility index (Phi) is 5.92. The molecule has 1 amide bonds.